The molecule has 1 spiro atoms. The molecule has 2 aliphatic heterocycles. The Labute approximate surface area is 159 Å². The summed E-state index contributed by atoms with van der Waals surface area (Å²) in [7, 11) is 1.62. The first kappa shape index (κ1) is 19.8. The summed E-state index contributed by atoms with van der Waals surface area (Å²) in [6.45, 7) is 5.89. The Bertz CT molecular complexity index is 692. The highest BCUT2D eigenvalue weighted by molar-refractivity contribution is 5.88. The van der Waals surface area contributed by atoms with Crippen LogP contribution in [0.5, 0.6) is 0 Å². The van der Waals surface area contributed by atoms with Crippen LogP contribution in [-0.4, -0.2) is 78.0 Å². The van der Waals surface area contributed by atoms with Crippen molar-refractivity contribution in [3.05, 3.63) is 18.0 Å². The van der Waals surface area contributed by atoms with Crippen LogP contribution in [0.3, 0.4) is 0 Å². The van der Waals surface area contributed by atoms with Crippen LogP contribution in [-0.2, 0) is 14.3 Å². The van der Waals surface area contributed by atoms with E-state index in [2.05, 4.69) is 5.10 Å². The quantitative estimate of drug-likeness (QED) is 0.721. The van der Waals surface area contributed by atoms with Crippen molar-refractivity contribution in [3.8, 4) is 0 Å². The van der Waals surface area contributed by atoms with Crippen molar-refractivity contribution < 1.29 is 18.7 Å². The summed E-state index contributed by atoms with van der Waals surface area (Å²) < 4.78 is 19.8. The van der Waals surface area contributed by atoms with Crippen LogP contribution in [0.2, 0.25) is 0 Å². The maximum Gasteiger partial charge on any atom is 0.231 e. The predicted octanol–water partition coefficient (Wildman–Crippen LogP) is 1.61. The third-order valence-electron chi connectivity index (χ3n) is 5.86. The maximum atomic E-state index is 13.4. The van der Waals surface area contributed by atoms with Crippen molar-refractivity contribution in [2.45, 2.75) is 38.6 Å². The highest BCUT2D eigenvalue weighted by Gasteiger charge is 2.58. The van der Waals surface area contributed by atoms with Gasteiger partial charge < -0.3 is 14.5 Å². The molecule has 0 radical (unpaired) electrons. The van der Waals surface area contributed by atoms with Gasteiger partial charge in [-0.2, -0.15) is 5.10 Å². The third kappa shape index (κ3) is 3.47. The van der Waals surface area contributed by atoms with E-state index in [0.717, 1.165) is 5.69 Å². The number of nitrogens with zero attached hydrogens (tertiary/aromatic N) is 4. The highest BCUT2D eigenvalue weighted by atomic mass is 19.1. The lowest BCUT2D eigenvalue weighted by Gasteiger charge is -2.29. The minimum Gasteiger partial charge on any atom is -0.383 e. The fraction of sp³-hybridized carbons (Fsp3) is 0.737. The first-order valence-corrected chi connectivity index (χ1v) is 9.60. The number of carbonyl (C=O) groups is 2. The van der Waals surface area contributed by atoms with E-state index in [4.69, 9.17) is 4.74 Å². The van der Waals surface area contributed by atoms with Gasteiger partial charge in [-0.25, -0.2) is 0 Å². The zero-order valence-corrected chi connectivity index (χ0v) is 16.4. The summed E-state index contributed by atoms with van der Waals surface area (Å²) in [6, 6.07) is 2.10. The molecule has 2 aliphatic rings. The van der Waals surface area contributed by atoms with Gasteiger partial charge in [0, 0.05) is 57.1 Å². The Kier molecular flexibility index (Phi) is 5.83. The molecule has 8 heteroatoms. The van der Waals surface area contributed by atoms with Gasteiger partial charge >= 0.3 is 0 Å². The van der Waals surface area contributed by atoms with Crippen molar-refractivity contribution >= 4 is 11.8 Å². The Hall–Kier alpha value is -1.96. The lowest BCUT2D eigenvalue weighted by Crippen LogP contribution is -2.41. The largest absolute Gasteiger partial charge is 0.383 e. The summed E-state index contributed by atoms with van der Waals surface area (Å²) in [5.74, 6) is -0.291. The number of hydrogen-bond donors (Lipinski definition) is 0. The molecule has 7 nitrogen and oxygen atoms in total. The average molecular weight is 380 g/mol. The number of alkyl halides is 1. The van der Waals surface area contributed by atoms with Crippen molar-refractivity contribution in [2.75, 3.05) is 46.6 Å². The first-order chi connectivity index (χ1) is 12.9. The van der Waals surface area contributed by atoms with Gasteiger partial charge in [0.05, 0.1) is 25.1 Å². The second-order valence-electron chi connectivity index (χ2n) is 7.75. The fourth-order valence-corrected chi connectivity index (χ4v) is 4.49. The van der Waals surface area contributed by atoms with Crippen LogP contribution in [0.15, 0.2) is 12.3 Å². The Morgan fingerprint density at radius 1 is 1.48 bits per heavy atom. The second-order valence-corrected chi connectivity index (χ2v) is 7.75. The molecule has 2 fully saturated rings. The standard InChI is InChI=1S/C19H29FN4O3/c1-14(2)24-16(5-8-21-24)15-12-23(17(25)4-7-20)13-19(15)6-9-22(18(19)26)10-11-27-3/h5,8,14-15H,4,6-7,9-13H2,1-3H3. The fourth-order valence-electron chi connectivity index (χ4n) is 4.49. The zero-order valence-electron chi connectivity index (χ0n) is 16.4. The smallest absolute Gasteiger partial charge is 0.231 e. The summed E-state index contributed by atoms with van der Waals surface area (Å²) in [6.07, 6.45) is 2.30. The van der Waals surface area contributed by atoms with Gasteiger partial charge in [0.1, 0.15) is 0 Å². The van der Waals surface area contributed by atoms with E-state index in [1.165, 1.54) is 0 Å². The molecule has 2 saturated heterocycles. The van der Waals surface area contributed by atoms with Crippen molar-refractivity contribution in [1.29, 1.82) is 0 Å². The second kappa shape index (κ2) is 7.96. The summed E-state index contributed by atoms with van der Waals surface area (Å²) in [4.78, 5) is 29.3. The van der Waals surface area contributed by atoms with Crippen molar-refractivity contribution in [2.24, 2.45) is 5.41 Å². The van der Waals surface area contributed by atoms with Crippen LogP contribution >= 0.6 is 0 Å². The van der Waals surface area contributed by atoms with E-state index in [1.807, 2.05) is 29.5 Å². The summed E-state index contributed by atoms with van der Waals surface area (Å²) in [5.41, 5.74) is 0.314. The van der Waals surface area contributed by atoms with E-state index in [-0.39, 0.29) is 30.2 Å². The maximum absolute atomic E-state index is 13.4. The number of ether oxygens (including phenoxy) is 1. The molecule has 0 aliphatic carbocycles. The van der Waals surface area contributed by atoms with Gasteiger partial charge in [0.15, 0.2) is 0 Å². The van der Waals surface area contributed by atoms with Crippen LogP contribution < -0.4 is 0 Å². The molecular formula is C19H29FN4O3. The number of hydrogen-bond acceptors (Lipinski definition) is 4. The van der Waals surface area contributed by atoms with E-state index >= 15 is 0 Å². The van der Waals surface area contributed by atoms with Gasteiger partial charge in [0.25, 0.3) is 0 Å². The van der Waals surface area contributed by atoms with Crippen LogP contribution in [0.1, 0.15) is 44.3 Å². The SMILES string of the molecule is COCCN1CCC2(CN(C(=O)CCF)CC2c2ccnn2C(C)C)C1=O. The topological polar surface area (TPSA) is 67.7 Å². The van der Waals surface area contributed by atoms with Crippen LogP contribution in [0, 0.1) is 5.41 Å². The number of carbonyl (C=O) groups excluding carboxylic acids is 2. The Balaban J connectivity index is 1.94. The first-order valence-electron chi connectivity index (χ1n) is 9.60. The predicted molar refractivity (Wildman–Crippen MR) is 98.0 cm³/mol. The molecule has 0 saturated carbocycles. The van der Waals surface area contributed by atoms with E-state index in [1.54, 1.807) is 18.2 Å². The third-order valence-corrected chi connectivity index (χ3v) is 5.86. The molecule has 2 amide bonds. The summed E-state index contributed by atoms with van der Waals surface area (Å²) >= 11 is 0. The summed E-state index contributed by atoms with van der Waals surface area (Å²) in [5, 5.41) is 4.42. The van der Waals surface area contributed by atoms with Gasteiger partial charge in [0.2, 0.25) is 11.8 Å². The van der Waals surface area contributed by atoms with Gasteiger partial charge in [-0.15, -0.1) is 0 Å². The molecule has 3 heterocycles. The Morgan fingerprint density at radius 3 is 2.93 bits per heavy atom. The lowest BCUT2D eigenvalue weighted by atomic mass is 9.75. The normalized spacial score (nSPS) is 25.4. The van der Waals surface area contributed by atoms with Gasteiger partial charge in [-0.1, -0.05) is 0 Å². The number of likely N-dealkylation sites (tertiary alicyclic amines) is 2. The molecule has 2 unspecified atom stereocenters. The van der Waals surface area contributed by atoms with E-state index in [0.29, 0.717) is 39.2 Å². The molecule has 2 atom stereocenters. The van der Waals surface area contributed by atoms with Crippen molar-refractivity contribution in [1.82, 2.24) is 19.6 Å². The molecule has 27 heavy (non-hydrogen) atoms. The minimum absolute atomic E-state index is 0.0663. The molecule has 0 bridgehead atoms. The monoisotopic (exact) mass is 380 g/mol. The van der Waals surface area contributed by atoms with E-state index < -0.39 is 12.1 Å². The molecule has 3 rings (SSSR count). The number of methoxy groups -OCH3 is 1. The minimum atomic E-state index is -0.676. The molecule has 1 aromatic heterocycles. The molecule has 0 N–H and O–H groups in total. The number of amides is 2. The molecular weight excluding hydrogens is 351 g/mol. The van der Waals surface area contributed by atoms with Crippen LogP contribution in [0.4, 0.5) is 4.39 Å². The highest BCUT2D eigenvalue weighted by Crippen LogP contribution is 2.50. The van der Waals surface area contributed by atoms with Gasteiger partial charge in [-0.3, -0.25) is 18.7 Å². The number of halogens is 1. The lowest BCUT2D eigenvalue weighted by molar-refractivity contribution is -0.137. The molecule has 0 aromatic carbocycles. The zero-order chi connectivity index (χ0) is 19.6. The average Bonchev–Trinajstić information content (AvgIpc) is 3.33. The number of rotatable bonds is 7. The molecule has 150 valence electrons. The van der Waals surface area contributed by atoms with Crippen molar-refractivity contribution in [3.63, 3.8) is 0 Å². The van der Waals surface area contributed by atoms with E-state index in [9.17, 15) is 14.0 Å². The number of aromatic nitrogens is 2. The Morgan fingerprint density at radius 2 is 2.26 bits per heavy atom. The van der Waals surface area contributed by atoms with Gasteiger partial charge in [-0.05, 0) is 26.3 Å². The molecule has 1 aromatic rings. The van der Waals surface area contributed by atoms with Crippen LogP contribution in [0.25, 0.3) is 0 Å².